The molecule has 0 bridgehead atoms. The lowest BCUT2D eigenvalue weighted by Crippen LogP contribution is -2.46. The summed E-state index contributed by atoms with van der Waals surface area (Å²) in [4.78, 5) is 14.8. The van der Waals surface area contributed by atoms with E-state index in [9.17, 15) is 4.79 Å². The van der Waals surface area contributed by atoms with Gasteiger partial charge in [0.05, 0.1) is 0 Å². The fourth-order valence-corrected chi connectivity index (χ4v) is 4.95. The highest BCUT2D eigenvalue weighted by molar-refractivity contribution is 6.60. The number of carbonyl (C=O) groups is 1. The summed E-state index contributed by atoms with van der Waals surface area (Å²) < 4.78 is 17.3. The molecule has 0 spiro atoms. The Balaban J connectivity index is 2.51. The van der Waals surface area contributed by atoms with Crippen molar-refractivity contribution in [2.75, 3.05) is 26.4 Å². The van der Waals surface area contributed by atoms with Crippen LogP contribution in [0.2, 0.25) is 6.04 Å². The molecule has 0 radical (unpaired) electrons. The van der Waals surface area contributed by atoms with E-state index in [1.807, 2.05) is 20.8 Å². The van der Waals surface area contributed by atoms with Crippen LogP contribution in [0.5, 0.6) is 0 Å². The standard InChI is InChI=1S/C16H26N4O4Si/c1-4-22-25(23-5-2,24-6-3)13-7-12-18-16(21)14-8-10-15(11-9-14)19-20-17/h8-11H,4-7,12-13H2,1-3H3,(H,18,21). The van der Waals surface area contributed by atoms with Gasteiger partial charge in [-0.05, 0) is 44.9 Å². The lowest BCUT2D eigenvalue weighted by atomic mass is 10.2. The Morgan fingerprint density at radius 3 is 2.16 bits per heavy atom. The lowest BCUT2D eigenvalue weighted by molar-refractivity contribution is 0.0705. The van der Waals surface area contributed by atoms with E-state index in [0.717, 1.165) is 0 Å². The summed E-state index contributed by atoms with van der Waals surface area (Å²) in [6.45, 7) is 7.87. The molecule has 0 aliphatic heterocycles. The molecule has 138 valence electrons. The predicted molar refractivity (Wildman–Crippen MR) is 97.6 cm³/mol. The highest BCUT2D eigenvalue weighted by Gasteiger charge is 2.39. The van der Waals surface area contributed by atoms with Gasteiger partial charge in [0.15, 0.2) is 0 Å². The van der Waals surface area contributed by atoms with Crippen molar-refractivity contribution in [2.24, 2.45) is 5.11 Å². The molecule has 0 saturated carbocycles. The second-order valence-electron chi connectivity index (χ2n) is 5.08. The number of nitrogens with one attached hydrogen (secondary N) is 1. The van der Waals surface area contributed by atoms with Crippen molar-refractivity contribution >= 4 is 20.4 Å². The molecule has 9 heteroatoms. The van der Waals surface area contributed by atoms with Crippen LogP contribution in [-0.4, -0.2) is 41.1 Å². The van der Waals surface area contributed by atoms with Crippen LogP contribution in [0.3, 0.4) is 0 Å². The number of hydrogen-bond acceptors (Lipinski definition) is 5. The molecule has 0 aromatic heterocycles. The van der Waals surface area contributed by atoms with Crippen LogP contribution >= 0.6 is 0 Å². The molecular weight excluding hydrogens is 340 g/mol. The van der Waals surface area contributed by atoms with Gasteiger partial charge in [0, 0.05) is 48.6 Å². The molecule has 0 saturated heterocycles. The number of nitrogens with zero attached hydrogens (tertiary/aromatic N) is 3. The first-order valence-electron chi connectivity index (χ1n) is 8.46. The Kier molecular flexibility index (Phi) is 9.82. The van der Waals surface area contributed by atoms with Gasteiger partial charge in [0.2, 0.25) is 0 Å². The van der Waals surface area contributed by atoms with Crippen LogP contribution in [0, 0.1) is 0 Å². The van der Waals surface area contributed by atoms with Crippen molar-refractivity contribution in [1.29, 1.82) is 0 Å². The quantitative estimate of drug-likeness (QED) is 0.200. The number of benzene rings is 1. The second-order valence-corrected chi connectivity index (χ2v) is 7.81. The largest absolute Gasteiger partial charge is 0.500 e. The van der Waals surface area contributed by atoms with E-state index < -0.39 is 8.80 Å². The third-order valence-electron chi connectivity index (χ3n) is 3.33. The lowest BCUT2D eigenvalue weighted by Gasteiger charge is -2.28. The van der Waals surface area contributed by atoms with Gasteiger partial charge in [-0.2, -0.15) is 0 Å². The first-order chi connectivity index (χ1) is 12.1. The fourth-order valence-electron chi connectivity index (χ4n) is 2.34. The summed E-state index contributed by atoms with van der Waals surface area (Å²) in [6.07, 6.45) is 0.703. The molecular formula is C16H26N4O4Si. The average molecular weight is 366 g/mol. The van der Waals surface area contributed by atoms with Crippen LogP contribution in [-0.2, 0) is 13.3 Å². The summed E-state index contributed by atoms with van der Waals surface area (Å²) >= 11 is 0. The minimum absolute atomic E-state index is 0.177. The molecule has 1 rings (SSSR count). The van der Waals surface area contributed by atoms with Crippen molar-refractivity contribution in [3.8, 4) is 0 Å². The smallest absolute Gasteiger partial charge is 0.374 e. The van der Waals surface area contributed by atoms with Crippen molar-refractivity contribution < 1.29 is 18.1 Å². The highest BCUT2D eigenvalue weighted by Crippen LogP contribution is 2.18. The van der Waals surface area contributed by atoms with Crippen molar-refractivity contribution in [1.82, 2.24) is 5.32 Å². The van der Waals surface area contributed by atoms with Crippen molar-refractivity contribution in [3.63, 3.8) is 0 Å². The number of amides is 1. The minimum atomic E-state index is -2.66. The molecule has 25 heavy (non-hydrogen) atoms. The zero-order valence-electron chi connectivity index (χ0n) is 15.0. The summed E-state index contributed by atoms with van der Waals surface area (Å²) in [6, 6.07) is 7.11. The maximum atomic E-state index is 12.1. The van der Waals surface area contributed by atoms with E-state index in [4.69, 9.17) is 18.8 Å². The molecule has 0 unspecified atom stereocenters. The van der Waals surface area contributed by atoms with Crippen LogP contribution in [0.1, 0.15) is 37.6 Å². The first-order valence-corrected chi connectivity index (χ1v) is 10.4. The zero-order valence-corrected chi connectivity index (χ0v) is 16.0. The normalized spacial score (nSPS) is 11.0. The SMILES string of the molecule is CCO[Si](CCCNC(=O)c1ccc(N=[N+]=[N-])cc1)(OCC)OCC. The van der Waals surface area contributed by atoms with Gasteiger partial charge in [-0.25, -0.2) is 0 Å². The number of azide groups is 1. The van der Waals surface area contributed by atoms with E-state index in [2.05, 4.69) is 15.3 Å². The number of rotatable bonds is 12. The van der Waals surface area contributed by atoms with Gasteiger partial charge in [-0.3, -0.25) is 4.79 Å². The van der Waals surface area contributed by atoms with Gasteiger partial charge >= 0.3 is 8.80 Å². The Bertz CT molecular complexity index is 559. The van der Waals surface area contributed by atoms with Gasteiger partial charge in [0.25, 0.3) is 5.91 Å². The number of carbonyl (C=O) groups excluding carboxylic acids is 1. The molecule has 1 N–H and O–H groups in total. The summed E-state index contributed by atoms with van der Waals surface area (Å²) in [7, 11) is -2.66. The van der Waals surface area contributed by atoms with Crippen LogP contribution < -0.4 is 5.32 Å². The van der Waals surface area contributed by atoms with Gasteiger partial charge in [-0.15, -0.1) is 0 Å². The molecule has 1 amide bonds. The van der Waals surface area contributed by atoms with E-state index in [-0.39, 0.29) is 5.91 Å². The van der Waals surface area contributed by atoms with E-state index in [1.165, 1.54) is 0 Å². The summed E-state index contributed by atoms with van der Waals surface area (Å²) in [5, 5.41) is 6.34. The molecule has 0 aliphatic rings. The maximum Gasteiger partial charge on any atom is 0.500 e. The molecule has 0 heterocycles. The molecule has 0 aliphatic carbocycles. The van der Waals surface area contributed by atoms with Crippen molar-refractivity contribution in [2.45, 2.75) is 33.2 Å². The summed E-state index contributed by atoms with van der Waals surface area (Å²) in [5.41, 5.74) is 9.36. The highest BCUT2D eigenvalue weighted by atomic mass is 28.4. The molecule has 1 aromatic rings. The van der Waals surface area contributed by atoms with E-state index >= 15 is 0 Å². The Morgan fingerprint density at radius 1 is 1.12 bits per heavy atom. The van der Waals surface area contributed by atoms with Gasteiger partial charge in [-0.1, -0.05) is 17.2 Å². The van der Waals surface area contributed by atoms with Crippen LogP contribution in [0.15, 0.2) is 29.4 Å². The molecule has 0 fully saturated rings. The van der Waals surface area contributed by atoms with E-state index in [0.29, 0.717) is 50.1 Å². The zero-order chi connectivity index (χ0) is 18.5. The van der Waals surface area contributed by atoms with E-state index in [1.54, 1.807) is 24.3 Å². The predicted octanol–water partition coefficient (Wildman–Crippen LogP) is 3.80. The Labute approximate surface area is 149 Å². The van der Waals surface area contributed by atoms with Crippen LogP contribution in [0.4, 0.5) is 5.69 Å². The second kappa shape index (κ2) is 11.6. The van der Waals surface area contributed by atoms with Gasteiger partial charge in [0.1, 0.15) is 0 Å². The molecule has 8 nitrogen and oxygen atoms in total. The third-order valence-corrected chi connectivity index (χ3v) is 6.48. The topological polar surface area (TPSA) is 106 Å². The fraction of sp³-hybridized carbons (Fsp3) is 0.562. The van der Waals surface area contributed by atoms with Crippen LogP contribution in [0.25, 0.3) is 10.4 Å². The minimum Gasteiger partial charge on any atom is -0.374 e. The molecule has 0 atom stereocenters. The summed E-state index contributed by atoms with van der Waals surface area (Å²) in [5.74, 6) is -0.177. The monoisotopic (exact) mass is 366 g/mol. The average Bonchev–Trinajstić information content (AvgIpc) is 2.60. The molecule has 1 aromatic carbocycles. The Hall–Kier alpha value is -1.90. The van der Waals surface area contributed by atoms with Gasteiger partial charge < -0.3 is 18.6 Å². The number of hydrogen-bond donors (Lipinski definition) is 1. The third kappa shape index (κ3) is 7.25. The Morgan fingerprint density at radius 2 is 1.68 bits per heavy atom. The maximum absolute atomic E-state index is 12.1. The first kappa shape index (κ1) is 21.1. The van der Waals surface area contributed by atoms with Crippen molar-refractivity contribution in [3.05, 3.63) is 40.3 Å².